The summed E-state index contributed by atoms with van der Waals surface area (Å²) in [6.45, 7) is 1.93. The van der Waals surface area contributed by atoms with Crippen molar-refractivity contribution in [3.8, 4) is 5.75 Å². The zero-order valence-electron chi connectivity index (χ0n) is 11.5. The van der Waals surface area contributed by atoms with E-state index < -0.39 is 0 Å². The van der Waals surface area contributed by atoms with Crippen molar-refractivity contribution < 1.29 is 14.3 Å². The number of ether oxygens (including phenoxy) is 1. The number of rotatable bonds is 3. The molecule has 1 aliphatic heterocycles. The lowest BCUT2D eigenvalue weighted by atomic mass is 9.90. The van der Waals surface area contributed by atoms with Crippen molar-refractivity contribution >= 4 is 28.3 Å². The fourth-order valence-corrected chi connectivity index (χ4v) is 3.06. The van der Waals surface area contributed by atoms with E-state index >= 15 is 0 Å². The molecule has 0 spiro atoms. The number of aryl methyl sites for hydroxylation is 1. The minimum atomic E-state index is -0.295. The highest BCUT2D eigenvalue weighted by Gasteiger charge is 2.28. The van der Waals surface area contributed by atoms with Crippen LogP contribution in [-0.2, 0) is 9.59 Å². The van der Waals surface area contributed by atoms with Gasteiger partial charge in [-0.2, -0.15) is 0 Å². The molecule has 0 fully saturated rings. The van der Waals surface area contributed by atoms with E-state index in [0.717, 1.165) is 10.4 Å². The Morgan fingerprint density at radius 3 is 3.05 bits per heavy atom. The van der Waals surface area contributed by atoms with E-state index in [1.165, 1.54) is 11.3 Å². The molecule has 0 saturated heterocycles. The van der Waals surface area contributed by atoms with Crippen LogP contribution < -0.4 is 10.1 Å². The minimum absolute atomic E-state index is 0.140. The van der Waals surface area contributed by atoms with Crippen LogP contribution in [0.15, 0.2) is 30.5 Å². The van der Waals surface area contributed by atoms with E-state index in [0.29, 0.717) is 10.9 Å². The SMILES string of the molecule is Cc1cnc(NC(=O)CC2CC(=O)Oc3ccccc32)s1. The molecule has 1 unspecified atom stereocenters. The van der Waals surface area contributed by atoms with Crippen LogP contribution in [0.3, 0.4) is 0 Å². The van der Waals surface area contributed by atoms with Gasteiger partial charge in [0.15, 0.2) is 5.13 Å². The van der Waals surface area contributed by atoms with Crippen molar-refractivity contribution in [1.29, 1.82) is 0 Å². The van der Waals surface area contributed by atoms with Crippen LogP contribution in [0.2, 0.25) is 0 Å². The molecule has 21 heavy (non-hydrogen) atoms. The van der Waals surface area contributed by atoms with Gasteiger partial charge in [-0.15, -0.1) is 11.3 Å². The normalized spacial score (nSPS) is 17.0. The topological polar surface area (TPSA) is 68.3 Å². The second kappa shape index (κ2) is 5.65. The van der Waals surface area contributed by atoms with Crippen molar-refractivity contribution in [1.82, 2.24) is 4.98 Å². The highest BCUT2D eigenvalue weighted by molar-refractivity contribution is 7.15. The molecular formula is C15H14N2O3S. The van der Waals surface area contributed by atoms with Crippen LogP contribution in [-0.4, -0.2) is 16.9 Å². The first-order chi connectivity index (χ1) is 10.1. The van der Waals surface area contributed by atoms with Crippen molar-refractivity contribution in [2.45, 2.75) is 25.7 Å². The number of aromatic nitrogens is 1. The first kappa shape index (κ1) is 13.8. The van der Waals surface area contributed by atoms with Gasteiger partial charge in [-0.1, -0.05) is 18.2 Å². The number of anilines is 1. The maximum Gasteiger partial charge on any atom is 0.311 e. The van der Waals surface area contributed by atoms with Crippen LogP contribution in [0, 0.1) is 6.92 Å². The van der Waals surface area contributed by atoms with Crippen molar-refractivity contribution in [3.63, 3.8) is 0 Å². The second-order valence-corrected chi connectivity index (χ2v) is 6.18. The van der Waals surface area contributed by atoms with Crippen LogP contribution >= 0.6 is 11.3 Å². The molecule has 5 nitrogen and oxygen atoms in total. The number of thiazole rings is 1. The van der Waals surface area contributed by atoms with Gasteiger partial charge < -0.3 is 10.1 Å². The van der Waals surface area contributed by atoms with Gasteiger partial charge in [0.1, 0.15) is 5.75 Å². The fraction of sp³-hybridized carbons (Fsp3) is 0.267. The molecule has 0 radical (unpaired) electrons. The molecule has 2 heterocycles. The minimum Gasteiger partial charge on any atom is -0.426 e. The summed E-state index contributed by atoms with van der Waals surface area (Å²) >= 11 is 1.43. The number of benzene rings is 1. The molecule has 1 aromatic heterocycles. The monoisotopic (exact) mass is 302 g/mol. The Labute approximate surface area is 126 Å². The molecular weight excluding hydrogens is 288 g/mol. The average Bonchev–Trinajstić information content (AvgIpc) is 2.83. The Kier molecular flexibility index (Phi) is 3.70. The number of hydrogen-bond acceptors (Lipinski definition) is 5. The third kappa shape index (κ3) is 3.11. The van der Waals surface area contributed by atoms with Crippen molar-refractivity contribution in [3.05, 3.63) is 40.9 Å². The van der Waals surface area contributed by atoms with Gasteiger partial charge in [-0.25, -0.2) is 4.98 Å². The summed E-state index contributed by atoms with van der Waals surface area (Å²) in [5.74, 6) is -0.0319. The quantitative estimate of drug-likeness (QED) is 0.699. The Bertz CT molecular complexity index is 696. The number of hydrogen-bond donors (Lipinski definition) is 1. The zero-order chi connectivity index (χ0) is 14.8. The van der Waals surface area contributed by atoms with Crippen molar-refractivity contribution in [2.75, 3.05) is 5.32 Å². The zero-order valence-corrected chi connectivity index (χ0v) is 12.3. The Balaban J connectivity index is 1.72. The highest BCUT2D eigenvalue weighted by atomic mass is 32.1. The van der Waals surface area contributed by atoms with Gasteiger partial charge in [0.25, 0.3) is 0 Å². The molecule has 6 heteroatoms. The lowest BCUT2D eigenvalue weighted by Crippen LogP contribution is -2.24. The third-order valence-corrected chi connectivity index (χ3v) is 4.12. The molecule has 1 amide bonds. The Hall–Kier alpha value is -2.21. The summed E-state index contributed by atoms with van der Waals surface area (Å²) in [5, 5.41) is 3.36. The van der Waals surface area contributed by atoms with E-state index in [1.54, 1.807) is 12.3 Å². The number of carbonyl (C=O) groups is 2. The molecule has 1 atom stereocenters. The van der Waals surface area contributed by atoms with E-state index in [1.807, 2.05) is 25.1 Å². The number of nitrogens with zero attached hydrogens (tertiary/aromatic N) is 1. The fourth-order valence-electron chi connectivity index (χ4n) is 2.37. The number of nitrogens with one attached hydrogen (secondary N) is 1. The molecule has 1 aliphatic rings. The molecule has 1 aromatic carbocycles. The van der Waals surface area contributed by atoms with Gasteiger partial charge in [-0.05, 0) is 18.6 Å². The number of carbonyl (C=O) groups excluding carboxylic acids is 2. The Morgan fingerprint density at radius 2 is 2.29 bits per heavy atom. The first-order valence-electron chi connectivity index (χ1n) is 6.63. The van der Waals surface area contributed by atoms with Gasteiger partial charge in [0.2, 0.25) is 5.91 Å². The van der Waals surface area contributed by atoms with E-state index in [9.17, 15) is 9.59 Å². The summed E-state index contributed by atoms with van der Waals surface area (Å²) in [4.78, 5) is 28.9. The van der Waals surface area contributed by atoms with Gasteiger partial charge in [0.05, 0.1) is 6.42 Å². The molecule has 0 saturated carbocycles. The smallest absolute Gasteiger partial charge is 0.311 e. The molecule has 0 aliphatic carbocycles. The summed E-state index contributed by atoms with van der Waals surface area (Å²) in [5.41, 5.74) is 0.905. The average molecular weight is 302 g/mol. The van der Waals surface area contributed by atoms with Crippen LogP contribution in [0.25, 0.3) is 0 Å². The molecule has 0 bridgehead atoms. The molecule has 2 aromatic rings. The number of para-hydroxylation sites is 1. The predicted molar refractivity (Wildman–Crippen MR) is 79.5 cm³/mol. The molecule has 3 rings (SSSR count). The highest BCUT2D eigenvalue weighted by Crippen LogP contribution is 2.36. The summed E-state index contributed by atoms with van der Waals surface area (Å²) in [7, 11) is 0. The largest absolute Gasteiger partial charge is 0.426 e. The molecule has 108 valence electrons. The lowest BCUT2D eigenvalue weighted by molar-refractivity contribution is -0.136. The van der Waals surface area contributed by atoms with Gasteiger partial charge in [-0.3, -0.25) is 9.59 Å². The number of amides is 1. The molecule has 1 N–H and O–H groups in total. The lowest BCUT2D eigenvalue weighted by Gasteiger charge is -2.23. The number of esters is 1. The second-order valence-electron chi connectivity index (χ2n) is 4.94. The Morgan fingerprint density at radius 1 is 1.48 bits per heavy atom. The first-order valence-corrected chi connectivity index (χ1v) is 7.45. The van der Waals surface area contributed by atoms with Gasteiger partial charge in [0, 0.05) is 23.4 Å². The van der Waals surface area contributed by atoms with Gasteiger partial charge >= 0.3 is 5.97 Å². The van der Waals surface area contributed by atoms with Crippen LogP contribution in [0.4, 0.5) is 5.13 Å². The van der Waals surface area contributed by atoms with E-state index in [4.69, 9.17) is 4.74 Å². The van der Waals surface area contributed by atoms with Crippen LogP contribution in [0.5, 0.6) is 5.75 Å². The number of fused-ring (bicyclic) bond motifs is 1. The predicted octanol–water partition coefficient (Wildman–Crippen LogP) is 2.87. The maximum absolute atomic E-state index is 12.1. The standard InChI is InChI=1S/C15H14N2O3S/c1-9-8-16-15(21-9)17-13(18)6-10-7-14(19)20-12-5-3-2-4-11(10)12/h2-5,8,10H,6-7H2,1H3,(H,16,17,18). The van der Waals surface area contributed by atoms with E-state index in [-0.39, 0.29) is 30.6 Å². The van der Waals surface area contributed by atoms with Crippen LogP contribution in [0.1, 0.15) is 29.2 Å². The maximum atomic E-state index is 12.1. The van der Waals surface area contributed by atoms with E-state index in [2.05, 4.69) is 10.3 Å². The third-order valence-electron chi connectivity index (χ3n) is 3.30. The summed E-state index contributed by atoms with van der Waals surface area (Å²) in [6.07, 6.45) is 2.18. The van der Waals surface area contributed by atoms with Crippen molar-refractivity contribution in [2.24, 2.45) is 0 Å². The summed E-state index contributed by atoms with van der Waals surface area (Å²) in [6, 6.07) is 7.34. The summed E-state index contributed by atoms with van der Waals surface area (Å²) < 4.78 is 5.18.